The molecule has 0 spiro atoms. The van der Waals surface area contributed by atoms with Crippen molar-refractivity contribution >= 4 is 11.9 Å². The van der Waals surface area contributed by atoms with E-state index in [2.05, 4.69) is 20.9 Å². The third kappa shape index (κ3) is 3.54. The van der Waals surface area contributed by atoms with Crippen LogP contribution in [0.1, 0.15) is 30.7 Å². The molecule has 0 N–H and O–H groups in total. The van der Waals surface area contributed by atoms with Crippen LogP contribution in [-0.4, -0.2) is 51.9 Å². The normalized spacial score (nSPS) is 17.9. The molecule has 136 valence electrons. The van der Waals surface area contributed by atoms with E-state index in [9.17, 15) is 4.79 Å². The van der Waals surface area contributed by atoms with E-state index in [1.54, 1.807) is 0 Å². The molecule has 1 aliphatic heterocycles. The van der Waals surface area contributed by atoms with E-state index in [4.69, 9.17) is 4.98 Å². The van der Waals surface area contributed by atoms with Crippen molar-refractivity contribution in [2.24, 2.45) is 5.92 Å². The number of hydrogen-bond donors (Lipinski definition) is 0. The molecule has 0 radical (unpaired) electrons. The van der Waals surface area contributed by atoms with Gasteiger partial charge in [0.2, 0.25) is 11.9 Å². The van der Waals surface area contributed by atoms with Gasteiger partial charge in [-0.05, 0) is 51.3 Å². The first-order valence-corrected chi connectivity index (χ1v) is 9.43. The van der Waals surface area contributed by atoms with Crippen molar-refractivity contribution < 1.29 is 4.79 Å². The smallest absolute Gasteiger partial charge is 0.225 e. The fourth-order valence-corrected chi connectivity index (χ4v) is 3.53. The lowest BCUT2D eigenvalue weighted by Crippen LogP contribution is -2.36. The zero-order valence-electron chi connectivity index (χ0n) is 15.5. The third-order valence-corrected chi connectivity index (χ3v) is 5.16. The minimum Gasteiger partial charge on any atom is -0.341 e. The van der Waals surface area contributed by atoms with Crippen molar-refractivity contribution in [2.45, 2.75) is 33.1 Å². The van der Waals surface area contributed by atoms with Crippen LogP contribution in [0, 0.1) is 19.8 Å². The molecule has 1 saturated heterocycles. The summed E-state index contributed by atoms with van der Waals surface area (Å²) < 4.78 is 0. The van der Waals surface area contributed by atoms with Gasteiger partial charge in [-0.25, -0.2) is 9.97 Å². The Labute approximate surface area is 154 Å². The van der Waals surface area contributed by atoms with Crippen LogP contribution in [0.5, 0.6) is 0 Å². The summed E-state index contributed by atoms with van der Waals surface area (Å²) in [6.45, 7) is 7.27. The Morgan fingerprint density at radius 1 is 1.04 bits per heavy atom. The maximum absolute atomic E-state index is 12.3. The lowest BCUT2D eigenvalue weighted by atomic mass is 10.1. The van der Waals surface area contributed by atoms with Crippen LogP contribution in [0.15, 0.2) is 24.4 Å². The SMILES string of the molecule is Cc1ccc(-c2ccnc(N3CCCN(C(=O)C4CC4)CC3)n2)c(C)n1. The molecule has 2 fully saturated rings. The molecule has 2 aromatic heterocycles. The van der Waals surface area contributed by atoms with Gasteiger partial charge in [0.05, 0.1) is 5.69 Å². The van der Waals surface area contributed by atoms with Crippen LogP contribution >= 0.6 is 0 Å². The molecule has 1 amide bonds. The summed E-state index contributed by atoms with van der Waals surface area (Å²) in [6.07, 6.45) is 4.90. The fraction of sp³-hybridized carbons (Fsp3) is 0.500. The fourth-order valence-electron chi connectivity index (χ4n) is 3.53. The van der Waals surface area contributed by atoms with Gasteiger partial charge in [-0.15, -0.1) is 0 Å². The van der Waals surface area contributed by atoms with Gasteiger partial charge in [-0.2, -0.15) is 0 Å². The van der Waals surface area contributed by atoms with E-state index in [0.29, 0.717) is 5.91 Å². The summed E-state index contributed by atoms with van der Waals surface area (Å²) in [6, 6.07) is 6.02. The molecule has 1 aliphatic carbocycles. The Balaban J connectivity index is 1.52. The highest BCUT2D eigenvalue weighted by Gasteiger charge is 2.34. The van der Waals surface area contributed by atoms with E-state index in [1.165, 1.54) is 0 Å². The monoisotopic (exact) mass is 351 g/mol. The maximum atomic E-state index is 12.3. The average molecular weight is 351 g/mol. The number of rotatable bonds is 3. The van der Waals surface area contributed by atoms with Crippen LogP contribution in [-0.2, 0) is 4.79 Å². The predicted octanol–water partition coefficient (Wildman–Crippen LogP) is 2.60. The molecule has 26 heavy (non-hydrogen) atoms. The van der Waals surface area contributed by atoms with Gasteiger partial charge in [0.25, 0.3) is 0 Å². The molecule has 2 aliphatic rings. The minimum atomic E-state index is 0.290. The number of anilines is 1. The third-order valence-electron chi connectivity index (χ3n) is 5.16. The Kier molecular flexibility index (Phi) is 4.57. The van der Waals surface area contributed by atoms with Gasteiger partial charge in [-0.1, -0.05) is 0 Å². The number of aromatic nitrogens is 3. The maximum Gasteiger partial charge on any atom is 0.225 e. The molecule has 0 bridgehead atoms. The molecule has 0 unspecified atom stereocenters. The van der Waals surface area contributed by atoms with Crippen molar-refractivity contribution in [3.05, 3.63) is 35.8 Å². The summed E-state index contributed by atoms with van der Waals surface area (Å²) in [7, 11) is 0. The number of carbonyl (C=O) groups excluding carboxylic acids is 1. The van der Waals surface area contributed by atoms with Crippen LogP contribution in [0.4, 0.5) is 5.95 Å². The molecular weight excluding hydrogens is 326 g/mol. The Morgan fingerprint density at radius 3 is 2.65 bits per heavy atom. The van der Waals surface area contributed by atoms with Crippen LogP contribution in [0.25, 0.3) is 11.3 Å². The molecule has 0 atom stereocenters. The Morgan fingerprint density at radius 2 is 1.88 bits per heavy atom. The molecule has 6 nitrogen and oxygen atoms in total. The summed E-state index contributed by atoms with van der Waals surface area (Å²) in [5.41, 5.74) is 3.93. The largest absolute Gasteiger partial charge is 0.341 e. The summed E-state index contributed by atoms with van der Waals surface area (Å²) >= 11 is 0. The molecule has 6 heteroatoms. The second-order valence-electron chi connectivity index (χ2n) is 7.27. The zero-order chi connectivity index (χ0) is 18.1. The molecule has 0 aromatic carbocycles. The van der Waals surface area contributed by atoms with Gasteiger partial charge in [-0.3, -0.25) is 9.78 Å². The van der Waals surface area contributed by atoms with Gasteiger partial charge < -0.3 is 9.80 Å². The highest BCUT2D eigenvalue weighted by molar-refractivity contribution is 5.81. The summed E-state index contributed by atoms with van der Waals surface area (Å²) in [5.74, 6) is 1.37. The highest BCUT2D eigenvalue weighted by atomic mass is 16.2. The van der Waals surface area contributed by atoms with Crippen molar-refractivity contribution in [2.75, 3.05) is 31.1 Å². The zero-order valence-corrected chi connectivity index (χ0v) is 15.5. The number of pyridine rings is 1. The molecule has 1 saturated carbocycles. The number of carbonyl (C=O) groups is 1. The van der Waals surface area contributed by atoms with Crippen LogP contribution in [0.3, 0.4) is 0 Å². The van der Waals surface area contributed by atoms with Crippen molar-refractivity contribution in [3.8, 4) is 11.3 Å². The lowest BCUT2D eigenvalue weighted by molar-refractivity contribution is -0.132. The highest BCUT2D eigenvalue weighted by Crippen LogP contribution is 2.31. The topological polar surface area (TPSA) is 62.2 Å². The van der Waals surface area contributed by atoms with Crippen LogP contribution in [0.2, 0.25) is 0 Å². The lowest BCUT2D eigenvalue weighted by Gasteiger charge is -2.22. The van der Waals surface area contributed by atoms with E-state index >= 15 is 0 Å². The van der Waals surface area contributed by atoms with Crippen molar-refractivity contribution in [1.82, 2.24) is 19.9 Å². The van der Waals surface area contributed by atoms with E-state index in [-0.39, 0.29) is 5.92 Å². The standard InChI is InChI=1S/C20H25N5O/c1-14-4-7-17(15(2)22-14)18-8-9-21-20(23-18)25-11-3-10-24(12-13-25)19(26)16-5-6-16/h4,7-9,16H,3,5-6,10-13H2,1-2H3. The van der Waals surface area contributed by atoms with Crippen molar-refractivity contribution in [3.63, 3.8) is 0 Å². The molecule has 2 aromatic rings. The van der Waals surface area contributed by atoms with Gasteiger partial charge in [0, 0.05) is 55.2 Å². The summed E-state index contributed by atoms with van der Waals surface area (Å²) in [5, 5.41) is 0. The van der Waals surface area contributed by atoms with E-state index in [1.807, 2.05) is 37.1 Å². The number of hydrogen-bond acceptors (Lipinski definition) is 5. The second kappa shape index (κ2) is 7.02. The Hall–Kier alpha value is -2.50. The minimum absolute atomic E-state index is 0.290. The molecular formula is C20H25N5O. The van der Waals surface area contributed by atoms with Gasteiger partial charge >= 0.3 is 0 Å². The second-order valence-corrected chi connectivity index (χ2v) is 7.27. The van der Waals surface area contributed by atoms with Crippen LogP contribution < -0.4 is 4.90 Å². The van der Waals surface area contributed by atoms with Gasteiger partial charge in [0.15, 0.2) is 0 Å². The number of nitrogens with zero attached hydrogens (tertiary/aromatic N) is 5. The summed E-state index contributed by atoms with van der Waals surface area (Å²) in [4.78, 5) is 30.4. The predicted molar refractivity (Wildman–Crippen MR) is 101 cm³/mol. The first kappa shape index (κ1) is 16.9. The van der Waals surface area contributed by atoms with Gasteiger partial charge in [0.1, 0.15) is 0 Å². The quantitative estimate of drug-likeness (QED) is 0.851. The first-order chi connectivity index (χ1) is 12.6. The van der Waals surface area contributed by atoms with E-state index in [0.717, 1.165) is 74.0 Å². The average Bonchev–Trinajstić information content (AvgIpc) is 3.48. The van der Waals surface area contributed by atoms with E-state index < -0.39 is 0 Å². The first-order valence-electron chi connectivity index (χ1n) is 9.43. The molecule has 3 heterocycles. The number of amides is 1. The Bertz CT molecular complexity index is 818. The van der Waals surface area contributed by atoms with Crippen molar-refractivity contribution in [1.29, 1.82) is 0 Å². The number of aryl methyl sites for hydroxylation is 2. The molecule has 4 rings (SSSR count).